The SMILES string of the molecule is CCCN1C(=O)[C@@H](CCC(C)C)NC(=O)C12CCN(Cc1c(C)nn(-c3ccccc3)c1C)CC2. The molecule has 7 nitrogen and oxygen atoms in total. The second kappa shape index (κ2) is 10.5. The highest BCUT2D eigenvalue weighted by atomic mass is 16.2. The van der Waals surface area contributed by atoms with E-state index in [0.717, 1.165) is 49.6 Å². The maximum Gasteiger partial charge on any atom is 0.246 e. The Balaban J connectivity index is 1.47. The molecule has 3 heterocycles. The minimum atomic E-state index is -0.712. The van der Waals surface area contributed by atoms with Crippen LogP contribution in [0.25, 0.3) is 5.69 Å². The van der Waals surface area contributed by atoms with E-state index < -0.39 is 5.54 Å². The van der Waals surface area contributed by atoms with Crippen molar-refractivity contribution in [1.82, 2.24) is 24.9 Å². The average molecular weight is 480 g/mol. The van der Waals surface area contributed by atoms with Gasteiger partial charge in [0.05, 0.1) is 11.4 Å². The summed E-state index contributed by atoms with van der Waals surface area (Å²) < 4.78 is 2.02. The fourth-order valence-electron chi connectivity index (χ4n) is 5.65. The summed E-state index contributed by atoms with van der Waals surface area (Å²) in [6.07, 6.45) is 3.86. The molecule has 0 unspecified atom stereocenters. The molecular formula is C28H41N5O2. The Hall–Kier alpha value is -2.67. The van der Waals surface area contributed by atoms with Crippen LogP contribution in [0, 0.1) is 19.8 Å². The maximum absolute atomic E-state index is 13.5. The van der Waals surface area contributed by atoms with Gasteiger partial charge in [-0.25, -0.2) is 4.68 Å². The number of nitrogens with zero attached hydrogens (tertiary/aromatic N) is 4. The third kappa shape index (κ3) is 5.01. The van der Waals surface area contributed by atoms with Crippen molar-refractivity contribution in [2.45, 2.75) is 84.8 Å². The summed E-state index contributed by atoms with van der Waals surface area (Å²) in [6, 6.07) is 9.84. The van der Waals surface area contributed by atoms with E-state index in [9.17, 15) is 9.59 Å². The zero-order valence-corrected chi connectivity index (χ0v) is 22.0. The first-order valence-electron chi connectivity index (χ1n) is 13.2. The van der Waals surface area contributed by atoms with Crippen LogP contribution in [-0.2, 0) is 16.1 Å². The fraction of sp³-hybridized carbons (Fsp3) is 0.607. The van der Waals surface area contributed by atoms with Crippen molar-refractivity contribution < 1.29 is 9.59 Å². The number of carbonyl (C=O) groups is 2. The number of carbonyl (C=O) groups excluding carboxylic acids is 2. The first-order chi connectivity index (χ1) is 16.8. The number of piperidine rings is 1. The molecule has 0 aliphatic carbocycles. The number of benzene rings is 1. The lowest BCUT2D eigenvalue weighted by atomic mass is 9.81. The highest BCUT2D eigenvalue weighted by Gasteiger charge is 2.53. The Kier molecular flexibility index (Phi) is 7.64. The van der Waals surface area contributed by atoms with Gasteiger partial charge in [0.15, 0.2) is 0 Å². The molecule has 0 radical (unpaired) electrons. The standard InChI is InChI=1S/C28H41N5O2/c1-6-16-32-26(34)25(13-12-20(2)3)29-27(35)28(32)14-17-31(18-15-28)19-24-21(4)30-33(22(24)5)23-10-8-7-9-11-23/h7-11,20,25H,6,12-19H2,1-5H3,(H,29,35)/t25-/m1/s1. The highest BCUT2D eigenvalue weighted by Crippen LogP contribution is 2.35. The number of hydrogen-bond acceptors (Lipinski definition) is 4. The molecule has 1 atom stereocenters. The summed E-state index contributed by atoms with van der Waals surface area (Å²) >= 11 is 0. The number of para-hydroxylation sites is 1. The van der Waals surface area contributed by atoms with Crippen molar-refractivity contribution >= 4 is 11.8 Å². The maximum atomic E-state index is 13.5. The van der Waals surface area contributed by atoms with E-state index in [-0.39, 0.29) is 17.9 Å². The van der Waals surface area contributed by atoms with E-state index >= 15 is 0 Å². The summed E-state index contributed by atoms with van der Waals surface area (Å²) in [5.41, 5.74) is 3.79. The number of nitrogens with one attached hydrogen (secondary N) is 1. The van der Waals surface area contributed by atoms with Crippen LogP contribution in [0.4, 0.5) is 0 Å². The molecule has 1 spiro atoms. The first-order valence-corrected chi connectivity index (χ1v) is 13.2. The van der Waals surface area contributed by atoms with Gasteiger partial charge in [-0.3, -0.25) is 14.5 Å². The van der Waals surface area contributed by atoms with Gasteiger partial charge in [0.1, 0.15) is 11.6 Å². The zero-order chi connectivity index (χ0) is 25.2. The van der Waals surface area contributed by atoms with Crippen LogP contribution in [0.5, 0.6) is 0 Å². The second-order valence-corrected chi connectivity index (χ2v) is 10.7. The van der Waals surface area contributed by atoms with Gasteiger partial charge in [0.25, 0.3) is 0 Å². The van der Waals surface area contributed by atoms with Crippen LogP contribution >= 0.6 is 0 Å². The molecule has 2 saturated heterocycles. The van der Waals surface area contributed by atoms with Crippen LogP contribution in [0.2, 0.25) is 0 Å². The van der Waals surface area contributed by atoms with Gasteiger partial charge in [-0.05, 0) is 64.0 Å². The fourth-order valence-corrected chi connectivity index (χ4v) is 5.65. The van der Waals surface area contributed by atoms with Crippen LogP contribution in [0.1, 0.15) is 69.8 Å². The van der Waals surface area contributed by atoms with Crippen molar-refractivity contribution in [2.24, 2.45) is 5.92 Å². The van der Waals surface area contributed by atoms with Gasteiger partial charge in [0.2, 0.25) is 11.8 Å². The lowest BCUT2D eigenvalue weighted by Crippen LogP contribution is -2.72. The van der Waals surface area contributed by atoms with E-state index in [2.05, 4.69) is 57.0 Å². The van der Waals surface area contributed by atoms with E-state index in [4.69, 9.17) is 5.10 Å². The number of aromatic nitrogens is 2. The summed E-state index contributed by atoms with van der Waals surface area (Å²) in [5, 5.41) is 7.91. The van der Waals surface area contributed by atoms with Crippen molar-refractivity contribution in [3.8, 4) is 5.69 Å². The van der Waals surface area contributed by atoms with Crippen molar-refractivity contribution in [3.05, 3.63) is 47.3 Å². The predicted molar refractivity (Wildman–Crippen MR) is 138 cm³/mol. The topological polar surface area (TPSA) is 70.5 Å². The summed E-state index contributed by atoms with van der Waals surface area (Å²) in [5.74, 6) is 0.663. The quantitative estimate of drug-likeness (QED) is 0.621. The molecule has 35 heavy (non-hydrogen) atoms. The monoisotopic (exact) mass is 479 g/mol. The second-order valence-electron chi connectivity index (χ2n) is 10.7. The lowest BCUT2D eigenvalue weighted by molar-refractivity contribution is -0.161. The molecule has 0 bridgehead atoms. The number of aryl methyl sites for hydroxylation is 1. The highest BCUT2D eigenvalue weighted by molar-refractivity contribution is 6.00. The van der Waals surface area contributed by atoms with E-state index in [1.54, 1.807) is 0 Å². The molecule has 2 amide bonds. The van der Waals surface area contributed by atoms with E-state index in [1.807, 2.05) is 27.8 Å². The number of rotatable bonds is 8. The van der Waals surface area contributed by atoms with E-state index in [0.29, 0.717) is 31.7 Å². The molecule has 1 N–H and O–H groups in total. The van der Waals surface area contributed by atoms with Crippen LogP contribution in [0.15, 0.2) is 30.3 Å². The molecule has 7 heteroatoms. The van der Waals surface area contributed by atoms with Gasteiger partial charge < -0.3 is 10.2 Å². The summed E-state index contributed by atoms with van der Waals surface area (Å²) in [6.45, 7) is 13.6. The Morgan fingerprint density at radius 1 is 1.11 bits per heavy atom. The van der Waals surface area contributed by atoms with Gasteiger partial charge in [-0.1, -0.05) is 39.0 Å². The lowest BCUT2D eigenvalue weighted by Gasteiger charge is -2.51. The molecule has 2 fully saturated rings. The number of amides is 2. The van der Waals surface area contributed by atoms with Crippen molar-refractivity contribution in [2.75, 3.05) is 19.6 Å². The first kappa shape index (κ1) is 25.4. The molecule has 190 valence electrons. The molecule has 0 saturated carbocycles. The number of likely N-dealkylation sites (tertiary alicyclic amines) is 1. The molecular weight excluding hydrogens is 438 g/mol. The molecule has 2 aromatic rings. The third-order valence-corrected chi connectivity index (χ3v) is 7.80. The van der Waals surface area contributed by atoms with Gasteiger partial charge in [-0.2, -0.15) is 5.10 Å². The molecule has 1 aromatic carbocycles. The third-order valence-electron chi connectivity index (χ3n) is 7.80. The zero-order valence-electron chi connectivity index (χ0n) is 22.0. The van der Waals surface area contributed by atoms with Gasteiger partial charge >= 0.3 is 0 Å². The summed E-state index contributed by atoms with van der Waals surface area (Å²) in [4.78, 5) is 31.2. The average Bonchev–Trinajstić information content (AvgIpc) is 3.13. The van der Waals surface area contributed by atoms with Crippen LogP contribution < -0.4 is 5.32 Å². The molecule has 1 aromatic heterocycles. The van der Waals surface area contributed by atoms with Gasteiger partial charge in [-0.15, -0.1) is 0 Å². The molecule has 2 aliphatic rings. The van der Waals surface area contributed by atoms with Crippen molar-refractivity contribution in [3.63, 3.8) is 0 Å². The van der Waals surface area contributed by atoms with Crippen molar-refractivity contribution in [1.29, 1.82) is 0 Å². The Labute approximate surface area is 209 Å². The number of hydrogen-bond donors (Lipinski definition) is 1. The Morgan fingerprint density at radius 3 is 2.43 bits per heavy atom. The van der Waals surface area contributed by atoms with E-state index in [1.165, 1.54) is 5.56 Å². The molecule has 2 aliphatic heterocycles. The summed E-state index contributed by atoms with van der Waals surface area (Å²) in [7, 11) is 0. The largest absolute Gasteiger partial charge is 0.342 e. The Bertz CT molecular complexity index is 1040. The van der Waals surface area contributed by atoms with Crippen LogP contribution in [-0.4, -0.2) is 62.6 Å². The minimum absolute atomic E-state index is 0.0446. The Morgan fingerprint density at radius 2 is 1.80 bits per heavy atom. The molecule has 4 rings (SSSR count). The normalized spacial score (nSPS) is 20.6. The predicted octanol–water partition coefficient (Wildman–Crippen LogP) is 4.00. The van der Waals surface area contributed by atoms with Crippen LogP contribution in [0.3, 0.4) is 0 Å². The smallest absolute Gasteiger partial charge is 0.246 e. The minimum Gasteiger partial charge on any atom is -0.342 e. The number of piperazine rings is 1. The van der Waals surface area contributed by atoms with Gasteiger partial charge in [0, 0.05) is 37.4 Å².